The van der Waals surface area contributed by atoms with Gasteiger partial charge in [0.15, 0.2) is 0 Å². The van der Waals surface area contributed by atoms with E-state index in [1.807, 2.05) is 0 Å². The molecule has 25 heavy (non-hydrogen) atoms. The van der Waals surface area contributed by atoms with Gasteiger partial charge in [-0.3, -0.25) is 4.90 Å². The van der Waals surface area contributed by atoms with Crippen molar-refractivity contribution in [3.8, 4) is 0 Å². The number of hydrogen-bond acceptors (Lipinski definition) is 4. The molecule has 2 amide bonds. The summed E-state index contributed by atoms with van der Waals surface area (Å²) in [7, 11) is 1.65. The van der Waals surface area contributed by atoms with Gasteiger partial charge in [-0.05, 0) is 31.5 Å². The molecule has 0 unspecified atom stereocenters. The molecule has 1 aromatic rings. The highest BCUT2D eigenvalue weighted by Gasteiger charge is 2.35. The molecule has 2 N–H and O–H groups in total. The van der Waals surface area contributed by atoms with Gasteiger partial charge in [0.2, 0.25) is 0 Å². The monoisotopic (exact) mass is 353 g/mol. The van der Waals surface area contributed by atoms with Crippen molar-refractivity contribution in [2.24, 2.45) is 0 Å². The van der Waals surface area contributed by atoms with Gasteiger partial charge in [-0.15, -0.1) is 0 Å². The number of carbonyl (C=O) groups excluding carboxylic acids is 1. The molecule has 1 heterocycles. The van der Waals surface area contributed by atoms with Crippen molar-refractivity contribution < 1.29 is 19.0 Å². The first-order chi connectivity index (χ1) is 11.9. The Morgan fingerprint density at radius 2 is 2.08 bits per heavy atom. The number of nitrogens with zero attached hydrogens (tertiary/aromatic N) is 2. The molecule has 0 saturated carbocycles. The number of nitrogens with one attached hydrogen (secondary N) is 1. The van der Waals surface area contributed by atoms with Crippen molar-refractivity contribution in [2.45, 2.75) is 38.6 Å². The van der Waals surface area contributed by atoms with Crippen LogP contribution in [0.1, 0.15) is 19.4 Å². The molecule has 0 aromatic heterocycles. The van der Waals surface area contributed by atoms with Gasteiger partial charge in [-0.1, -0.05) is 12.1 Å². The van der Waals surface area contributed by atoms with Gasteiger partial charge in [0.05, 0.1) is 18.8 Å². The summed E-state index contributed by atoms with van der Waals surface area (Å²) in [5, 5.41) is 12.3. The average Bonchev–Trinajstić information content (AvgIpc) is 2.99. The van der Waals surface area contributed by atoms with Crippen LogP contribution in [0.4, 0.5) is 9.18 Å². The van der Waals surface area contributed by atoms with Gasteiger partial charge in [0.25, 0.3) is 0 Å². The fraction of sp³-hybridized carbons (Fsp3) is 0.611. The Balaban J connectivity index is 2.00. The Morgan fingerprint density at radius 1 is 1.40 bits per heavy atom. The fourth-order valence-electron chi connectivity index (χ4n) is 3.04. The normalized spacial score (nSPS) is 20.9. The van der Waals surface area contributed by atoms with Gasteiger partial charge in [-0.2, -0.15) is 0 Å². The fourth-order valence-corrected chi connectivity index (χ4v) is 3.04. The number of aliphatic hydroxyl groups is 1. The molecule has 0 aliphatic carbocycles. The number of methoxy groups -OCH3 is 1. The first-order valence-corrected chi connectivity index (χ1v) is 8.62. The highest BCUT2D eigenvalue weighted by atomic mass is 19.1. The minimum absolute atomic E-state index is 0.0619. The number of urea groups is 1. The molecule has 1 fully saturated rings. The Morgan fingerprint density at radius 3 is 2.64 bits per heavy atom. The van der Waals surface area contributed by atoms with Gasteiger partial charge in [0.1, 0.15) is 5.82 Å². The van der Waals surface area contributed by atoms with E-state index in [1.165, 1.54) is 17.0 Å². The van der Waals surface area contributed by atoms with Crippen LogP contribution in [0.15, 0.2) is 24.3 Å². The van der Waals surface area contributed by atoms with Crippen LogP contribution < -0.4 is 5.32 Å². The average molecular weight is 353 g/mol. The van der Waals surface area contributed by atoms with Crippen molar-refractivity contribution >= 4 is 6.03 Å². The van der Waals surface area contributed by atoms with Crippen LogP contribution in [0.2, 0.25) is 0 Å². The highest BCUT2D eigenvalue weighted by Crippen LogP contribution is 2.16. The van der Waals surface area contributed by atoms with Crippen LogP contribution in [-0.2, 0) is 11.3 Å². The van der Waals surface area contributed by atoms with E-state index in [0.717, 1.165) is 18.7 Å². The molecular weight excluding hydrogens is 325 g/mol. The SMILES string of the molecule is CO[C@H]1CN(C(C)C)C[C@@H]1NC(=O)N(CCO)Cc1ccc(F)cc1. The minimum Gasteiger partial charge on any atom is -0.395 e. The Kier molecular flexibility index (Phi) is 7.16. The maximum Gasteiger partial charge on any atom is 0.318 e. The quantitative estimate of drug-likeness (QED) is 0.779. The molecule has 1 aromatic carbocycles. The Labute approximate surface area is 148 Å². The molecule has 2 rings (SSSR count). The number of hydrogen-bond donors (Lipinski definition) is 2. The van der Waals surface area contributed by atoms with Crippen LogP contribution in [0.3, 0.4) is 0 Å². The molecule has 1 aliphatic heterocycles. The molecule has 6 nitrogen and oxygen atoms in total. The zero-order valence-corrected chi connectivity index (χ0v) is 15.1. The number of ether oxygens (including phenoxy) is 1. The van der Waals surface area contributed by atoms with Crippen molar-refractivity contribution in [3.63, 3.8) is 0 Å². The summed E-state index contributed by atoms with van der Waals surface area (Å²) in [6.45, 7) is 6.12. The standard InChI is InChI=1S/C18H28FN3O3/c1-13(2)22-11-16(17(12-22)25-3)20-18(24)21(8-9-23)10-14-4-6-15(19)7-5-14/h4-7,13,16-17,23H,8-12H2,1-3H3,(H,20,24)/t16-,17-/m0/s1. The minimum atomic E-state index is -0.315. The number of halogens is 1. The topological polar surface area (TPSA) is 65.0 Å². The van der Waals surface area contributed by atoms with E-state index < -0.39 is 0 Å². The summed E-state index contributed by atoms with van der Waals surface area (Å²) in [6, 6.07) is 6.03. The second-order valence-electron chi connectivity index (χ2n) is 6.65. The molecule has 0 radical (unpaired) electrons. The van der Waals surface area contributed by atoms with Gasteiger partial charge >= 0.3 is 6.03 Å². The van der Waals surface area contributed by atoms with Crippen LogP contribution in [-0.4, -0.2) is 72.5 Å². The summed E-state index contributed by atoms with van der Waals surface area (Å²) in [4.78, 5) is 16.4. The zero-order valence-electron chi connectivity index (χ0n) is 15.1. The maximum atomic E-state index is 13.0. The summed E-state index contributed by atoms with van der Waals surface area (Å²) < 4.78 is 18.5. The second kappa shape index (κ2) is 9.12. The summed E-state index contributed by atoms with van der Waals surface area (Å²) in [5.41, 5.74) is 0.809. The third-order valence-corrected chi connectivity index (χ3v) is 4.58. The van der Waals surface area contributed by atoms with Crippen LogP contribution >= 0.6 is 0 Å². The third kappa shape index (κ3) is 5.39. The van der Waals surface area contributed by atoms with E-state index in [9.17, 15) is 14.3 Å². The van der Waals surface area contributed by atoms with Crippen molar-refractivity contribution in [1.29, 1.82) is 0 Å². The lowest BCUT2D eigenvalue weighted by molar-refractivity contribution is 0.0862. The van der Waals surface area contributed by atoms with Crippen LogP contribution in [0, 0.1) is 5.82 Å². The maximum absolute atomic E-state index is 13.0. The van der Waals surface area contributed by atoms with Crippen molar-refractivity contribution in [1.82, 2.24) is 15.1 Å². The molecule has 0 spiro atoms. The summed E-state index contributed by atoms with van der Waals surface area (Å²) in [6.07, 6.45) is -0.0619. The lowest BCUT2D eigenvalue weighted by atomic mass is 10.2. The van der Waals surface area contributed by atoms with Gasteiger partial charge < -0.3 is 20.1 Å². The van der Waals surface area contributed by atoms with E-state index in [0.29, 0.717) is 12.6 Å². The number of rotatable bonds is 7. The van der Waals surface area contributed by atoms with E-state index in [1.54, 1.807) is 19.2 Å². The van der Waals surface area contributed by atoms with Crippen LogP contribution in [0.5, 0.6) is 0 Å². The van der Waals surface area contributed by atoms with Gasteiger partial charge in [0, 0.05) is 39.3 Å². The van der Waals surface area contributed by atoms with E-state index in [4.69, 9.17) is 4.74 Å². The molecular formula is C18H28FN3O3. The molecule has 0 bridgehead atoms. The Hall–Kier alpha value is -1.70. The van der Waals surface area contributed by atoms with E-state index in [2.05, 4.69) is 24.1 Å². The number of amides is 2. The van der Waals surface area contributed by atoms with Crippen molar-refractivity contribution in [3.05, 3.63) is 35.6 Å². The van der Waals surface area contributed by atoms with E-state index >= 15 is 0 Å². The lowest BCUT2D eigenvalue weighted by Crippen LogP contribution is -2.50. The first kappa shape index (κ1) is 19.6. The first-order valence-electron chi connectivity index (χ1n) is 8.62. The van der Waals surface area contributed by atoms with Crippen LogP contribution in [0.25, 0.3) is 0 Å². The predicted molar refractivity (Wildman–Crippen MR) is 93.7 cm³/mol. The zero-order chi connectivity index (χ0) is 18.4. The van der Waals surface area contributed by atoms with E-state index in [-0.39, 0.29) is 37.1 Å². The number of benzene rings is 1. The molecule has 1 aliphatic rings. The number of likely N-dealkylation sites (tertiary alicyclic amines) is 1. The Bertz CT molecular complexity index is 553. The molecule has 140 valence electrons. The molecule has 2 atom stereocenters. The second-order valence-corrected chi connectivity index (χ2v) is 6.65. The van der Waals surface area contributed by atoms with Gasteiger partial charge in [-0.25, -0.2) is 9.18 Å². The molecule has 7 heteroatoms. The number of aliphatic hydroxyl groups excluding tert-OH is 1. The van der Waals surface area contributed by atoms with Crippen molar-refractivity contribution in [2.75, 3.05) is 33.4 Å². The lowest BCUT2D eigenvalue weighted by Gasteiger charge is -2.26. The molecule has 1 saturated heterocycles. The highest BCUT2D eigenvalue weighted by molar-refractivity contribution is 5.74. The smallest absolute Gasteiger partial charge is 0.318 e. The largest absolute Gasteiger partial charge is 0.395 e. The summed E-state index contributed by atoms with van der Waals surface area (Å²) >= 11 is 0. The third-order valence-electron chi connectivity index (χ3n) is 4.58. The summed E-state index contributed by atoms with van der Waals surface area (Å²) in [5.74, 6) is -0.315. The number of carbonyl (C=O) groups is 1. The predicted octanol–water partition coefficient (Wildman–Crippen LogP) is 1.44.